The molecule has 0 spiro atoms. The number of hydrogen-bond donors (Lipinski definition) is 1. The molecular weight excluding hydrogens is 192 g/mol. The van der Waals surface area contributed by atoms with Crippen LogP contribution in [0.25, 0.3) is 0 Å². The molecule has 0 radical (unpaired) electrons. The van der Waals surface area contributed by atoms with Crippen LogP contribution in [0, 0.1) is 13.8 Å². The molecule has 0 amide bonds. The van der Waals surface area contributed by atoms with Crippen molar-refractivity contribution in [3.8, 4) is 0 Å². The van der Waals surface area contributed by atoms with Gasteiger partial charge in [-0.1, -0.05) is 6.92 Å². The third kappa shape index (κ3) is 3.29. The maximum atomic E-state index is 3.42. The Kier molecular flexibility index (Phi) is 4.94. The van der Waals surface area contributed by atoms with E-state index < -0.39 is 0 Å². The van der Waals surface area contributed by atoms with Crippen LogP contribution in [-0.2, 0) is 0 Å². The van der Waals surface area contributed by atoms with E-state index in [1.54, 1.807) is 0 Å². The topological polar surface area (TPSA) is 17.0 Å². The van der Waals surface area contributed by atoms with Crippen molar-refractivity contribution in [2.24, 2.45) is 0 Å². The summed E-state index contributed by atoms with van der Waals surface area (Å²) >= 11 is 2.00. The third-order valence-corrected chi connectivity index (χ3v) is 3.20. The second-order valence-electron chi connectivity index (χ2n) is 3.41. The van der Waals surface area contributed by atoms with E-state index in [-0.39, 0.29) is 0 Å². The molecule has 0 unspecified atom stereocenters. The predicted molar refractivity (Wildman–Crippen MR) is 65.7 cm³/mol. The number of thioether (sulfide) groups is 1. The van der Waals surface area contributed by atoms with Crippen LogP contribution in [0.5, 0.6) is 0 Å². The minimum absolute atomic E-state index is 1.06. The Labute approximate surface area is 91.0 Å². The van der Waals surface area contributed by atoms with Crippen molar-refractivity contribution in [1.82, 2.24) is 4.68 Å². The second-order valence-corrected chi connectivity index (χ2v) is 4.80. The van der Waals surface area contributed by atoms with Crippen molar-refractivity contribution in [2.45, 2.75) is 27.2 Å². The fourth-order valence-electron chi connectivity index (χ4n) is 1.43. The first-order valence-corrected chi connectivity index (χ1v) is 6.37. The molecule has 0 bridgehead atoms. The van der Waals surface area contributed by atoms with Crippen LogP contribution in [0.1, 0.15) is 24.7 Å². The van der Waals surface area contributed by atoms with Crippen LogP contribution >= 0.6 is 11.8 Å². The zero-order valence-corrected chi connectivity index (χ0v) is 10.2. The molecule has 0 aliphatic carbocycles. The highest BCUT2D eigenvalue weighted by Gasteiger charge is 1.98. The standard InChI is InChI=1S/C11H20N2S/c1-4-14-9-5-8-12-13-10(2)6-7-11(13)3/h6-7,12H,4-5,8-9H2,1-3H3. The highest BCUT2D eigenvalue weighted by Crippen LogP contribution is 2.05. The molecule has 0 saturated carbocycles. The summed E-state index contributed by atoms with van der Waals surface area (Å²) in [5.41, 5.74) is 5.99. The monoisotopic (exact) mass is 212 g/mol. The van der Waals surface area contributed by atoms with Gasteiger partial charge in [0.15, 0.2) is 0 Å². The Balaban J connectivity index is 2.24. The van der Waals surface area contributed by atoms with Crippen LogP contribution in [0.2, 0.25) is 0 Å². The van der Waals surface area contributed by atoms with E-state index in [1.165, 1.54) is 29.3 Å². The zero-order valence-electron chi connectivity index (χ0n) is 9.34. The van der Waals surface area contributed by atoms with Gasteiger partial charge in [0.2, 0.25) is 0 Å². The van der Waals surface area contributed by atoms with E-state index in [0.29, 0.717) is 0 Å². The fourth-order valence-corrected chi connectivity index (χ4v) is 2.06. The summed E-state index contributed by atoms with van der Waals surface area (Å²) in [4.78, 5) is 0. The Morgan fingerprint density at radius 3 is 2.50 bits per heavy atom. The van der Waals surface area contributed by atoms with Crippen LogP contribution in [0.3, 0.4) is 0 Å². The third-order valence-electron chi connectivity index (χ3n) is 2.21. The van der Waals surface area contributed by atoms with E-state index >= 15 is 0 Å². The average molecular weight is 212 g/mol. The molecular formula is C11H20N2S. The largest absolute Gasteiger partial charge is 0.326 e. The first-order valence-electron chi connectivity index (χ1n) is 5.22. The Morgan fingerprint density at radius 1 is 1.29 bits per heavy atom. The minimum atomic E-state index is 1.06. The Hall–Kier alpha value is -0.570. The van der Waals surface area contributed by atoms with Crippen molar-refractivity contribution in [2.75, 3.05) is 23.5 Å². The highest BCUT2D eigenvalue weighted by molar-refractivity contribution is 7.99. The lowest BCUT2D eigenvalue weighted by Gasteiger charge is -2.12. The van der Waals surface area contributed by atoms with Crippen LogP contribution in [0.15, 0.2) is 12.1 Å². The van der Waals surface area contributed by atoms with Gasteiger partial charge in [0.05, 0.1) is 0 Å². The van der Waals surface area contributed by atoms with Gasteiger partial charge in [-0.25, -0.2) is 0 Å². The van der Waals surface area contributed by atoms with Crippen LogP contribution in [0.4, 0.5) is 0 Å². The Bertz CT molecular complexity index is 249. The smallest absolute Gasteiger partial charge is 0.0366 e. The summed E-state index contributed by atoms with van der Waals surface area (Å²) in [6.07, 6.45) is 1.23. The summed E-state index contributed by atoms with van der Waals surface area (Å²) in [6, 6.07) is 4.28. The SMILES string of the molecule is CCSCCCNn1c(C)ccc1C. The van der Waals surface area contributed by atoms with Gasteiger partial charge in [-0.2, -0.15) is 11.8 Å². The maximum Gasteiger partial charge on any atom is 0.0366 e. The number of aryl methyl sites for hydroxylation is 2. The molecule has 1 aromatic heterocycles. The molecule has 0 atom stereocenters. The number of nitrogens with zero attached hydrogens (tertiary/aromatic N) is 1. The lowest BCUT2D eigenvalue weighted by Crippen LogP contribution is -2.18. The van der Waals surface area contributed by atoms with Gasteiger partial charge < -0.3 is 5.43 Å². The molecule has 1 N–H and O–H groups in total. The van der Waals surface area contributed by atoms with Gasteiger partial charge in [0.1, 0.15) is 0 Å². The molecule has 0 saturated heterocycles. The highest BCUT2D eigenvalue weighted by atomic mass is 32.2. The van der Waals surface area contributed by atoms with E-state index in [4.69, 9.17) is 0 Å². The molecule has 2 nitrogen and oxygen atoms in total. The van der Waals surface area contributed by atoms with E-state index in [2.05, 4.69) is 43.0 Å². The predicted octanol–water partition coefficient (Wildman–Crippen LogP) is 2.79. The van der Waals surface area contributed by atoms with Gasteiger partial charge >= 0.3 is 0 Å². The fraction of sp³-hybridized carbons (Fsp3) is 0.636. The van der Waals surface area contributed by atoms with Gasteiger partial charge in [-0.3, -0.25) is 4.68 Å². The summed E-state index contributed by atoms with van der Waals surface area (Å²) in [6.45, 7) is 7.52. The molecule has 1 heterocycles. The molecule has 14 heavy (non-hydrogen) atoms. The molecule has 0 aliphatic heterocycles. The van der Waals surface area contributed by atoms with Crippen molar-refractivity contribution in [1.29, 1.82) is 0 Å². The van der Waals surface area contributed by atoms with E-state index in [0.717, 1.165) is 6.54 Å². The van der Waals surface area contributed by atoms with Gasteiger partial charge in [0, 0.05) is 17.9 Å². The first-order chi connectivity index (χ1) is 6.75. The maximum absolute atomic E-state index is 3.42. The number of rotatable bonds is 6. The molecule has 1 rings (SSSR count). The summed E-state index contributed by atoms with van der Waals surface area (Å²) in [5, 5.41) is 0. The van der Waals surface area contributed by atoms with Crippen molar-refractivity contribution in [3.63, 3.8) is 0 Å². The molecule has 80 valence electrons. The van der Waals surface area contributed by atoms with Crippen molar-refractivity contribution >= 4 is 11.8 Å². The summed E-state index contributed by atoms with van der Waals surface area (Å²) in [5.74, 6) is 2.48. The second kappa shape index (κ2) is 6.02. The zero-order chi connectivity index (χ0) is 10.4. The molecule has 1 aromatic rings. The van der Waals surface area contributed by atoms with E-state index in [1.807, 2.05) is 11.8 Å². The van der Waals surface area contributed by atoms with Crippen LogP contribution in [-0.4, -0.2) is 22.7 Å². The van der Waals surface area contributed by atoms with Gasteiger partial charge in [-0.05, 0) is 43.9 Å². The lowest BCUT2D eigenvalue weighted by molar-refractivity contribution is 0.774. The molecule has 0 aliphatic rings. The van der Waals surface area contributed by atoms with Crippen molar-refractivity contribution < 1.29 is 0 Å². The van der Waals surface area contributed by atoms with Crippen molar-refractivity contribution in [3.05, 3.63) is 23.5 Å². The van der Waals surface area contributed by atoms with Gasteiger partial charge in [0.25, 0.3) is 0 Å². The van der Waals surface area contributed by atoms with Gasteiger partial charge in [-0.15, -0.1) is 0 Å². The quantitative estimate of drug-likeness (QED) is 0.730. The molecule has 3 heteroatoms. The van der Waals surface area contributed by atoms with Crippen LogP contribution < -0.4 is 5.43 Å². The molecule has 0 aromatic carbocycles. The number of nitrogens with one attached hydrogen (secondary N) is 1. The number of hydrogen-bond acceptors (Lipinski definition) is 2. The van der Waals surface area contributed by atoms with E-state index in [9.17, 15) is 0 Å². The number of aromatic nitrogens is 1. The summed E-state index contributed by atoms with van der Waals surface area (Å²) in [7, 11) is 0. The molecule has 0 fully saturated rings. The Morgan fingerprint density at radius 2 is 1.93 bits per heavy atom. The minimum Gasteiger partial charge on any atom is -0.326 e. The first kappa shape index (κ1) is 11.5. The lowest BCUT2D eigenvalue weighted by atomic mass is 10.5. The summed E-state index contributed by atoms with van der Waals surface area (Å²) < 4.78 is 2.16. The normalized spacial score (nSPS) is 10.5. The average Bonchev–Trinajstić information content (AvgIpc) is 2.48.